The summed E-state index contributed by atoms with van der Waals surface area (Å²) in [4.78, 5) is 0. The minimum absolute atomic E-state index is 0.733. The van der Waals surface area contributed by atoms with Gasteiger partial charge in [-0.05, 0) is 32.4 Å². The number of nitrogens with one attached hydrogen (secondary N) is 1. The van der Waals surface area contributed by atoms with Crippen LogP contribution in [0.25, 0.3) is 0 Å². The Kier molecular flexibility index (Phi) is 8.95. The van der Waals surface area contributed by atoms with Crippen LogP contribution in [-0.4, -0.2) is 26.8 Å². The quantitative estimate of drug-likeness (QED) is 0.567. The molecule has 1 N–H and O–H groups in total. The second-order valence-electron chi connectivity index (χ2n) is 3.42. The van der Waals surface area contributed by atoms with E-state index in [-0.39, 0.29) is 0 Å². The van der Waals surface area contributed by atoms with Gasteiger partial charge in [-0.1, -0.05) is 20.3 Å². The van der Waals surface area contributed by atoms with Crippen molar-refractivity contribution in [3.8, 4) is 0 Å². The van der Waals surface area contributed by atoms with E-state index in [0.717, 1.165) is 25.7 Å². The maximum absolute atomic E-state index is 5.46. The second kappa shape index (κ2) is 9.01. The van der Waals surface area contributed by atoms with Gasteiger partial charge in [-0.3, -0.25) is 0 Å². The number of ether oxygens (including phenoxy) is 1. The van der Waals surface area contributed by atoms with E-state index in [4.69, 9.17) is 4.74 Å². The van der Waals surface area contributed by atoms with Crippen molar-refractivity contribution in [1.29, 1.82) is 0 Å². The predicted octanol–water partition coefficient (Wildman–Crippen LogP) is 2.05. The van der Waals surface area contributed by atoms with Crippen molar-refractivity contribution < 1.29 is 4.74 Å². The van der Waals surface area contributed by atoms with E-state index in [2.05, 4.69) is 19.2 Å². The van der Waals surface area contributed by atoms with Gasteiger partial charge >= 0.3 is 0 Å². The van der Waals surface area contributed by atoms with E-state index in [1.165, 1.54) is 19.3 Å². The topological polar surface area (TPSA) is 21.3 Å². The largest absolute Gasteiger partial charge is 0.381 e. The molecule has 0 heterocycles. The van der Waals surface area contributed by atoms with Gasteiger partial charge in [0.05, 0.1) is 0 Å². The number of hydrogen-bond acceptors (Lipinski definition) is 2. The molecule has 0 fully saturated rings. The highest BCUT2D eigenvalue weighted by atomic mass is 16.5. The fourth-order valence-electron chi connectivity index (χ4n) is 1.08. The van der Waals surface area contributed by atoms with Gasteiger partial charge in [0, 0.05) is 13.2 Å². The van der Waals surface area contributed by atoms with Gasteiger partial charge in [0.1, 0.15) is 0 Å². The molecule has 0 aromatic carbocycles. The molecule has 0 rings (SSSR count). The van der Waals surface area contributed by atoms with Crippen LogP contribution >= 0.6 is 0 Å². The monoisotopic (exact) mass is 173 g/mol. The molecule has 0 spiro atoms. The molecular formula is C10H23NO. The Morgan fingerprint density at radius 1 is 1.33 bits per heavy atom. The maximum atomic E-state index is 5.46. The highest BCUT2D eigenvalue weighted by Crippen LogP contribution is 2.00. The Morgan fingerprint density at radius 3 is 2.67 bits per heavy atom. The van der Waals surface area contributed by atoms with E-state index in [1.807, 2.05) is 7.05 Å². The summed E-state index contributed by atoms with van der Waals surface area (Å²) >= 11 is 0. The third-order valence-corrected chi connectivity index (χ3v) is 1.95. The van der Waals surface area contributed by atoms with Gasteiger partial charge in [0.2, 0.25) is 0 Å². The van der Waals surface area contributed by atoms with Crippen molar-refractivity contribution in [3.05, 3.63) is 0 Å². The van der Waals surface area contributed by atoms with Crippen LogP contribution in [0.1, 0.15) is 33.1 Å². The molecule has 0 aliphatic heterocycles. The normalized spacial score (nSPS) is 13.2. The molecule has 0 saturated heterocycles. The highest BCUT2D eigenvalue weighted by Gasteiger charge is 1.99. The summed E-state index contributed by atoms with van der Waals surface area (Å²) in [6.45, 7) is 7.38. The minimum Gasteiger partial charge on any atom is -0.381 e. The Labute approximate surface area is 76.7 Å². The van der Waals surface area contributed by atoms with Crippen LogP contribution in [0.4, 0.5) is 0 Å². The van der Waals surface area contributed by atoms with E-state index in [9.17, 15) is 0 Å². The third-order valence-electron chi connectivity index (χ3n) is 1.95. The highest BCUT2D eigenvalue weighted by molar-refractivity contribution is 4.53. The van der Waals surface area contributed by atoms with Crippen molar-refractivity contribution in [1.82, 2.24) is 5.32 Å². The molecule has 0 amide bonds. The lowest BCUT2D eigenvalue weighted by Gasteiger charge is -2.10. The SMILES string of the molecule is CCCCOCCC(C)CNC. The lowest BCUT2D eigenvalue weighted by Crippen LogP contribution is -2.17. The number of unbranched alkanes of at least 4 members (excludes halogenated alkanes) is 1. The molecule has 0 aromatic rings. The van der Waals surface area contributed by atoms with Crippen molar-refractivity contribution in [2.24, 2.45) is 5.92 Å². The van der Waals surface area contributed by atoms with Crippen molar-refractivity contribution in [2.75, 3.05) is 26.8 Å². The second-order valence-corrected chi connectivity index (χ2v) is 3.42. The molecule has 0 aliphatic carbocycles. The minimum atomic E-state index is 0.733. The Bertz CT molecular complexity index is 85.9. The van der Waals surface area contributed by atoms with Gasteiger partial charge < -0.3 is 10.1 Å². The maximum Gasteiger partial charge on any atom is 0.0469 e. The first kappa shape index (κ1) is 11.9. The van der Waals surface area contributed by atoms with Gasteiger partial charge in [0.15, 0.2) is 0 Å². The van der Waals surface area contributed by atoms with E-state index in [0.29, 0.717) is 0 Å². The summed E-state index contributed by atoms with van der Waals surface area (Å²) in [5.41, 5.74) is 0. The molecule has 1 atom stereocenters. The van der Waals surface area contributed by atoms with Crippen LogP contribution in [0.5, 0.6) is 0 Å². The Balaban J connectivity index is 2.97. The summed E-state index contributed by atoms with van der Waals surface area (Å²) in [7, 11) is 1.99. The predicted molar refractivity (Wildman–Crippen MR) is 53.4 cm³/mol. The zero-order valence-electron chi connectivity index (χ0n) is 8.73. The van der Waals surface area contributed by atoms with Gasteiger partial charge in [0.25, 0.3) is 0 Å². The van der Waals surface area contributed by atoms with Crippen LogP contribution < -0.4 is 5.32 Å². The number of rotatable bonds is 8. The smallest absolute Gasteiger partial charge is 0.0469 e. The zero-order chi connectivity index (χ0) is 9.23. The van der Waals surface area contributed by atoms with Gasteiger partial charge in [-0.25, -0.2) is 0 Å². The van der Waals surface area contributed by atoms with Crippen LogP contribution in [0.2, 0.25) is 0 Å². The molecule has 0 aromatic heterocycles. The molecule has 0 saturated carbocycles. The average molecular weight is 173 g/mol. The molecule has 74 valence electrons. The van der Waals surface area contributed by atoms with Crippen molar-refractivity contribution >= 4 is 0 Å². The lowest BCUT2D eigenvalue weighted by atomic mass is 10.1. The Hall–Kier alpha value is -0.0800. The van der Waals surface area contributed by atoms with Crippen LogP contribution in [-0.2, 0) is 4.74 Å². The van der Waals surface area contributed by atoms with Crippen molar-refractivity contribution in [2.45, 2.75) is 33.1 Å². The first-order valence-electron chi connectivity index (χ1n) is 5.03. The molecule has 0 bridgehead atoms. The summed E-state index contributed by atoms with van der Waals surface area (Å²) in [6, 6.07) is 0. The third kappa shape index (κ3) is 8.02. The molecule has 2 heteroatoms. The summed E-state index contributed by atoms with van der Waals surface area (Å²) in [5.74, 6) is 0.733. The first-order chi connectivity index (χ1) is 5.81. The molecular weight excluding hydrogens is 150 g/mol. The lowest BCUT2D eigenvalue weighted by molar-refractivity contribution is 0.119. The van der Waals surface area contributed by atoms with Gasteiger partial charge in [-0.15, -0.1) is 0 Å². The van der Waals surface area contributed by atoms with Crippen LogP contribution in [0, 0.1) is 5.92 Å². The summed E-state index contributed by atoms with van der Waals surface area (Å²) in [5, 5.41) is 3.16. The first-order valence-corrected chi connectivity index (χ1v) is 5.03. The van der Waals surface area contributed by atoms with Crippen LogP contribution in [0.3, 0.4) is 0 Å². The Morgan fingerprint density at radius 2 is 2.08 bits per heavy atom. The molecule has 0 aliphatic rings. The van der Waals surface area contributed by atoms with E-state index < -0.39 is 0 Å². The van der Waals surface area contributed by atoms with E-state index >= 15 is 0 Å². The number of hydrogen-bond donors (Lipinski definition) is 1. The average Bonchev–Trinajstić information content (AvgIpc) is 2.05. The standard InChI is InChI=1S/C10H23NO/c1-4-5-7-12-8-6-10(2)9-11-3/h10-11H,4-9H2,1-3H3. The molecule has 12 heavy (non-hydrogen) atoms. The molecule has 0 radical (unpaired) electrons. The summed E-state index contributed by atoms with van der Waals surface area (Å²) < 4.78 is 5.46. The molecule has 1 unspecified atom stereocenters. The fourth-order valence-corrected chi connectivity index (χ4v) is 1.08. The zero-order valence-corrected chi connectivity index (χ0v) is 8.73. The summed E-state index contributed by atoms with van der Waals surface area (Å²) in [6.07, 6.45) is 3.59. The van der Waals surface area contributed by atoms with Crippen LogP contribution in [0.15, 0.2) is 0 Å². The van der Waals surface area contributed by atoms with Gasteiger partial charge in [-0.2, -0.15) is 0 Å². The van der Waals surface area contributed by atoms with E-state index in [1.54, 1.807) is 0 Å². The molecule has 2 nitrogen and oxygen atoms in total. The fraction of sp³-hybridized carbons (Fsp3) is 1.00. The van der Waals surface area contributed by atoms with Crippen molar-refractivity contribution in [3.63, 3.8) is 0 Å².